The molecule has 0 spiro atoms. The molecule has 3 heterocycles. The molecule has 25 heavy (non-hydrogen) atoms. The van der Waals surface area contributed by atoms with Gasteiger partial charge in [-0.2, -0.15) is 17.0 Å². The van der Waals surface area contributed by atoms with Crippen LogP contribution >= 0.6 is 0 Å². The van der Waals surface area contributed by atoms with Crippen LogP contribution in [0.4, 0.5) is 0 Å². The summed E-state index contributed by atoms with van der Waals surface area (Å²) in [4.78, 5) is 16.5. The number of piperazine rings is 2. The van der Waals surface area contributed by atoms with Crippen molar-refractivity contribution < 1.29 is 13.2 Å². The molecule has 1 aromatic heterocycles. The molecule has 1 amide bonds. The van der Waals surface area contributed by atoms with Gasteiger partial charge in [0.1, 0.15) is 6.04 Å². The van der Waals surface area contributed by atoms with Crippen molar-refractivity contribution in [3.8, 4) is 0 Å². The fraction of sp³-hybridized carbons (Fsp3) is 0.688. The van der Waals surface area contributed by atoms with Crippen molar-refractivity contribution in [1.82, 2.24) is 23.0 Å². The third-order valence-electron chi connectivity index (χ3n) is 5.10. The summed E-state index contributed by atoms with van der Waals surface area (Å²) in [5, 5.41) is 0. The lowest BCUT2D eigenvalue weighted by Gasteiger charge is -2.39. The van der Waals surface area contributed by atoms with Crippen molar-refractivity contribution in [1.29, 1.82) is 0 Å². The van der Waals surface area contributed by atoms with Crippen molar-refractivity contribution >= 4 is 16.1 Å². The van der Waals surface area contributed by atoms with E-state index in [9.17, 15) is 13.2 Å². The maximum Gasteiger partial charge on any atom is 0.282 e. The van der Waals surface area contributed by atoms with Crippen LogP contribution in [0.2, 0.25) is 0 Å². The van der Waals surface area contributed by atoms with E-state index in [1.165, 1.54) is 4.31 Å². The van der Waals surface area contributed by atoms with Gasteiger partial charge in [0.2, 0.25) is 5.91 Å². The van der Waals surface area contributed by atoms with Gasteiger partial charge in [-0.25, -0.2) is 0 Å². The lowest BCUT2D eigenvalue weighted by atomic mass is 10.2. The Morgan fingerprint density at radius 3 is 1.88 bits per heavy atom. The summed E-state index contributed by atoms with van der Waals surface area (Å²) in [5.74, 6) is 0.0350. The van der Waals surface area contributed by atoms with E-state index in [1.54, 1.807) is 9.21 Å². The molecular weight excluding hydrogens is 342 g/mol. The number of rotatable bonds is 4. The summed E-state index contributed by atoms with van der Waals surface area (Å²) in [6, 6.07) is 3.52. The van der Waals surface area contributed by atoms with Crippen molar-refractivity contribution in [2.75, 3.05) is 59.4 Å². The molecule has 3 rings (SSSR count). The smallest absolute Gasteiger partial charge is 0.282 e. The molecule has 1 aromatic rings. The topological polar surface area (TPSA) is 69.1 Å². The molecule has 9 heteroatoms. The Balaban J connectivity index is 1.57. The predicted octanol–water partition coefficient (Wildman–Crippen LogP) is -0.314. The van der Waals surface area contributed by atoms with Gasteiger partial charge in [0, 0.05) is 64.8 Å². The SMILES string of the molecule is C[C@H](C(=O)N1CCN(S(=O)(=O)N2CCN(C)CC2)CC1)n1cccc1. The van der Waals surface area contributed by atoms with E-state index in [4.69, 9.17) is 0 Å². The van der Waals surface area contributed by atoms with Gasteiger partial charge in [-0.05, 0) is 26.1 Å². The molecule has 0 unspecified atom stereocenters. The highest BCUT2D eigenvalue weighted by atomic mass is 32.2. The minimum atomic E-state index is -3.42. The lowest BCUT2D eigenvalue weighted by molar-refractivity contribution is -0.135. The van der Waals surface area contributed by atoms with Crippen LogP contribution in [0.1, 0.15) is 13.0 Å². The Labute approximate surface area is 149 Å². The second-order valence-electron chi connectivity index (χ2n) is 6.74. The minimum absolute atomic E-state index is 0.0350. The van der Waals surface area contributed by atoms with Crippen molar-refractivity contribution in [3.05, 3.63) is 24.5 Å². The molecule has 140 valence electrons. The van der Waals surface area contributed by atoms with E-state index in [-0.39, 0.29) is 11.9 Å². The van der Waals surface area contributed by atoms with Crippen LogP contribution in [0.25, 0.3) is 0 Å². The summed E-state index contributed by atoms with van der Waals surface area (Å²) < 4.78 is 30.5. The highest BCUT2D eigenvalue weighted by Gasteiger charge is 2.35. The molecule has 0 bridgehead atoms. The molecule has 2 saturated heterocycles. The Morgan fingerprint density at radius 1 is 0.880 bits per heavy atom. The van der Waals surface area contributed by atoms with Gasteiger partial charge in [-0.15, -0.1) is 0 Å². The Kier molecular flexibility index (Phi) is 5.47. The van der Waals surface area contributed by atoms with Gasteiger partial charge in [-0.3, -0.25) is 4.79 Å². The van der Waals surface area contributed by atoms with Crippen molar-refractivity contribution in [2.24, 2.45) is 0 Å². The standard InChI is InChI=1S/C16H27N5O3S/c1-15(18-5-3-4-6-18)16(22)19-9-13-21(14-10-19)25(23,24)20-11-7-17(2)8-12-20/h3-6,15H,7-14H2,1-2H3/t15-/m1/s1. The number of amides is 1. The van der Waals surface area contributed by atoms with Crippen LogP contribution < -0.4 is 0 Å². The van der Waals surface area contributed by atoms with Gasteiger partial charge in [0.15, 0.2) is 0 Å². The van der Waals surface area contributed by atoms with Crippen LogP contribution in [-0.2, 0) is 15.0 Å². The fourth-order valence-electron chi connectivity index (χ4n) is 3.32. The minimum Gasteiger partial charge on any atom is -0.342 e. The lowest BCUT2D eigenvalue weighted by Crippen LogP contribution is -2.57. The second-order valence-corrected chi connectivity index (χ2v) is 8.67. The first-order valence-electron chi connectivity index (χ1n) is 8.74. The fourth-order valence-corrected chi connectivity index (χ4v) is 4.90. The molecule has 2 aliphatic rings. The number of hydrogen-bond acceptors (Lipinski definition) is 4. The second kappa shape index (κ2) is 7.45. The summed E-state index contributed by atoms with van der Waals surface area (Å²) >= 11 is 0. The van der Waals surface area contributed by atoms with E-state index < -0.39 is 10.2 Å². The van der Waals surface area contributed by atoms with Crippen molar-refractivity contribution in [3.63, 3.8) is 0 Å². The first-order chi connectivity index (χ1) is 11.9. The summed E-state index contributed by atoms with van der Waals surface area (Å²) in [7, 11) is -1.42. The van der Waals surface area contributed by atoms with Gasteiger partial charge < -0.3 is 14.4 Å². The Bertz CT molecular complexity index is 675. The maximum absolute atomic E-state index is 12.8. The molecule has 0 saturated carbocycles. The first-order valence-corrected chi connectivity index (χ1v) is 10.1. The normalized spacial score (nSPS) is 22.9. The molecule has 2 fully saturated rings. The Morgan fingerprint density at radius 2 is 1.36 bits per heavy atom. The zero-order valence-corrected chi connectivity index (χ0v) is 15.7. The van der Waals surface area contributed by atoms with Crippen LogP contribution in [0.3, 0.4) is 0 Å². The molecular formula is C16H27N5O3S. The van der Waals surface area contributed by atoms with Crippen LogP contribution in [-0.4, -0.2) is 96.7 Å². The summed E-state index contributed by atoms with van der Waals surface area (Å²) in [6.07, 6.45) is 3.74. The van der Waals surface area contributed by atoms with E-state index in [0.717, 1.165) is 13.1 Å². The van der Waals surface area contributed by atoms with Gasteiger partial charge in [-0.1, -0.05) is 0 Å². The van der Waals surface area contributed by atoms with Crippen LogP contribution in [0, 0.1) is 0 Å². The monoisotopic (exact) mass is 369 g/mol. The number of carbonyl (C=O) groups excluding carboxylic acids is 1. The van der Waals surface area contributed by atoms with Crippen molar-refractivity contribution in [2.45, 2.75) is 13.0 Å². The summed E-state index contributed by atoms with van der Waals surface area (Å²) in [6.45, 7) is 6.05. The number of aromatic nitrogens is 1. The van der Waals surface area contributed by atoms with E-state index in [0.29, 0.717) is 39.3 Å². The quantitative estimate of drug-likeness (QED) is 0.730. The highest BCUT2D eigenvalue weighted by Crippen LogP contribution is 2.17. The molecule has 8 nitrogen and oxygen atoms in total. The molecule has 0 N–H and O–H groups in total. The zero-order chi connectivity index (χ0) is 18.0. The number of nitrogens with zero attached hydrogens (tertiary/aromatic N) is 5. The van der Waals surface area contributed by atoms with E-state index >= 15 is 0 Å². The van der Waals surface area contributed by atoms with E-state index in [1.807, 2.05) is 43.1 Å². The average molecular weight is 369 g/mol. The van der Waals surface area contributed by atoms with Crippen LogP contribution in [0.5, 0.6) is 0 Å². The van der Waals surface area contributed by atoms with E-state index in [2.05, 4.69) is 4.90 Å². The molecule has 0 aliphatic carbocycles. The molecule has 0 radical (unpaired) electrons. The third-order valence-corrected chi connectivity index (χ3v) is 7.13. The zero-order valence-electron chi connectivity index (χ0n) is 14.9. The van der Waals surface area contributed by atoms with Gasteiger partial charge in [0.05, 0.1) is 0 Å². The molecule has 0 aromatic carbocycles. The average Bonchev–Trinajstić information content (AvgIpc) is 3.15. The number of likely N-dealkylation sites (N-methyl/N-ethyl adjacent to an activating group) is 1. The van der Waals surface area contributed by atoms with Gasteiger partial charge in [0.25, 0.3) is 10.2 Å². The van der Waals surface area contributed by atoms with Gasteiger partial charge >= 0.3 is 0 Å². The number of hydrogen-bond donors (Lipinski definition) is 0. The highest BCUT2D eigenvalue weighted by molar-refractivity contribution is 7.86. The first kappa shape index (κ1) is 18.4. The molecule has 1 atom stereocenters. The molecule has 2 aliphatic heterocycles. The van der Waals surface area contributed by atoms with Crippen LogP contribution in [0.15, 0.2) is 24.5 Å². The number of carbonyl (C=O) groups is 1. The Hall–Kier alpha value is -1.42. The summed E-state index contributed by atoms with van der Waals surface area (Å²) in [5.41, 5.74) is 0. The maximum atomic E-state index is 12.8. The predicted molar refractivity (Wildman–Crippen MR) is 95.3 cm³/mol. The third kappa shape index (κ3) is 3.89. The largest absolute Gasteiger partial charge is 0.342 e.